The summed E-state index contributed by atoms with van der Waals surface area (Å²) < 4.78 is 1.64. The third kappa shape index (κ3) is 2.94. The van der Waals surface area contributed by atoms with E-state index < -0.39 is 0 Å². The Morgan fingerprint density at radius 3 is 2.24 bits per heavy atom. The summed E-state index contributed by atoms with van der Waals surface area (Å²) in [6.07, 6.45) is 4.08. The maximum atomic E-state index is 12.0. The average molecular weight is 378 g/mol. The van der Waals surface area contributed by atoms with Crippen LogP contribution in [0, 0.1) is 0 Å². The zero-order valence-corrected chi connectivity index (χ0v) is 15.2. The number of carbonyl (C=O) groups excluding carboxylic acids is 1. The molecule has 7 nitrogen and oxygen atoms in total. The summed E-state index contributed by atoms with van der Waals surface area (Å²) in [5.41, 5.74) is 2.83. The SMILES string of the molecule is O=Cc1nc(-c2ccccn2)nc2c1c(-c1ccccc1)nn2-c1ccccn1. The summed E-state index contributed by atoms with van der Waals surface area (Å²) in [4.78, 5) is 29.9. The Balaban J connectivity index is 1.87. The molecule has 0 unspecified atom stereocenters. The van der Waals surface area contributed by atoms with Crippen LogP contribution in [0.3, 0.4) is 0 Å². The Morgan fingerprint density at radius 2 is 1.55 bits per heavy atom. The minimum absolute atomic E-state index is 0.261. The molecule has 7 heteroatoms. The van der Waals surface area contributed by atoms with Gasteiger partial charge in [-0.3, -0.25) is 9.78 Å². The van der Waals surface area contributed by atoms with Gasteiger partial charge >= 0.3 is 0 Å². The second-order valence-corrected chi connectivity index (χ2v) is 6.28. The second-order valence-electron chi connectivity index (χ2n) is 6.28. The predicted octanol–water partition coefficient (Wildman–Crippen LogP) is 3.75. The van der Waals surface area contributed by atoms with Crippen molar-refractivity contribution in [1.82, 2.24) is 29.7 Å². The number of rotatable bonds is 4. The van der Waals surface area contributed by atoms with E-state index in [0.29, 0.717) is 34.1 Å². The summed E-state index contributed by atoms with van der Waals surface area (Å²) in [6.45, 7) is 0. The molecule has 0 N–H and O–H groups in total. The number of carbonyl (C=O) groups is 1. The molecular weight excluding hydrogens is 364 g/mol. The van der Waals surface area contributed by atoms with Gasteiger partial charge in [0.25, 0.3) is 0 Å². The molecule has 5 aromatic rings. The lowest BCUT2D eigenvalue weighted by atomic mass is 10.1. The number of fused-ring (bicyclic) bond motifs is 1. The number of nitrogens with zero attached hydrogens (tertiary/aromatic N) is 6. The normalized spacial score (nSPS) is 10.9. The lowest BCUT2D eigenvalue weighted by molar-refractivity contribution is 0.112. The van der Waals surface area contributed by atoms with Crippen LogP contribution in [0.25, 0.3) is 39.6 Å². The Kier molecular flexibility index (Phi) is 4.10. The van der Waals surface area contributed by atoms with Gasteiger partial charge in [0, 0.05) is 18.0 Å². The number of aromatic nitrogens is 6. The van der Waals surface area contributed by atoms with Crippen LogP contribution in [-0.4, -0.2) is 36.0 Å². The van der Waals surface area contributed by atoms with E-state index >= 15 is 0 Å². The van der Waals surface area contributed by atoms with Crippen molar-refractivity contribution in [2.24, 2.45) is 0 Å². The number of aldehydes is 1. The van der Waals surface area contributed by atoms with Gasteiger partial charge in [-0.1, -0.05) is 42.5 Å². The van der Waals surface area contributed by atoms with E-state index in [1.165, 1.54) is 0 Å². The molecule has 0 aliphatic rings. The third-order valence-corrected chi connectivity index (χ3v) is 4.47. The lowest BCUT2D eigenvalue weighted by Crippen LogP contribution is -2.03. The van der Waals surface area contributed by atoms with Gasteiger partial charge in [0.05, 0.1) is 5.39 Å². The van der Waals surface area contributed by atoms with Crippen molar-refractivity contribution in [3.05, 3.63) is 84.8 Å². The quantitative estimate of drug-likeness (QED) is 0.443. The van der Waals surface area contributed by atoms with E-state index in [1.807, 2.05) is 60.7 Å². The number of hydrogen-bond acceptors (Lipinski definition) is 6. The van der Waals surface area contributed by atoms with E-state index in [0.717, 1.165) is 11.8 Å². The van der Waals surface area contributed by atoms with Crippen molar-refractivity contribution in [1.29, 1.82) is 0 Å². The van der Waals surface area contributed by atoms with Crippen molar-refractivity contribution in [3.63, 3.8) is 0 Å². The van der Waals surface area contributed by atoms with E-state index in [2.05, 4.69) is 15.0 Å². The zero-order chi connectivity index (χ0) is 19.6. The van der Waals surface area contributed by atoms with Gasteiger partial charge in [-0.15, -0.1) is 0 Å². The molecule has 0 fully saturated rings. The highest BCUT2D eigenvalue weighted by Crippen LogP contribution is 2.31. The summed E-state index contributed by atoms with van der Waals surface area (Å²) in [7, 11) is 0. The largest absolute Gasteiger partial charge is 0.296 e. The summed E-state index contributed by atoms with van der Waals surface area (Å²) in [5, 5.41) is 5.33. The van der Waals surface area contributed by atoms with Crippen LogP contribution in [0.1, 0.15) is 10.5 Å². The molecule has 0 saturated carbocycles. The van der Waals surface area contributed by atoms with Crippen LogP contribution in [0.15, 0.2) is 79.1 Å². The second kappa shape index (κ2) is 7.05. The third-order valence-electron chi connectivity index (χ3n) is 4.47. The summed E-state index contributed by atoms with van der Waals surface area (Å²) in [6, 6.07) is 20.7. The first-order chi connectivity index (χ1) is 14.3. The van der Waals surface area contributed by atoms with E-state index in [1.54, 1.807) is 23.1 Å². The van der Waals surface area contributed by atoms with Crippen molar-refractivity contribution in [2.75, 3.05) is 0 Å². The van der Waals surface area contributed by atoms with Gasteiger partial charge in [0.1, 0.15) is 17.1 Å². The fourth-order valence-corrected chi connectivity index (χ4v) is 3.18. The molecule has 0 atom stereocenters. The Hall–Kier alpha value is -4.26. The highest BCUT2D eigenvalue weighted by atomic mass is 16.1. The Bertz CT molecular complexity index is 1300. The van der Waals surface area contributed by atoms with Gasteiger partial charge < -0.3 is 0 Å². The molecule has 0 saturated heterocycles. The molecule has 0 amide bonds. The van der Waals surface area contributed by atoms with Crippen molar-refractivity contribution < 1.29 is 4.79 Å². The standard InChI is InChI=1S/C22H14N6O/c29-14-17-19-20(15-8-2-1-3-9-15)27-28(18-11-5-7-13-24-18)22(19)26-21(25-17)16-10-4-6-12-23-16/h1-14H. The summed E-state index contributed by atoms with van der Waals surface area (Å²) >= 11 is 0. The zero-order valence-electron chi connectivity index (χ0n) is 15.2. The van der Waals surface area contributed by atoms with Gasteiger partial charge in [0.2, 0.25) is 0 Å². The molecule has 4 heterocycles. The first-order valence-corrected chi connectivity index (χ1v) is 8.99. The van der Waals surface area contributed by atoms with Crippen LogP contribution < -0.4 is 0 Å². The van der Waals surface area contributed by atoms with Crippen molar-refractivity contribution in [3.8, 4) is 28.6 Å². The van der Waals surface area contributed by atoms with Crippen LogP contribution >= 0.6 is 0 Å². The molecule has 0 radical (unpaired) electrons. The highest BCUT2D eigenvalue weighted by molar-refractivity contribution is 6.02. The topological polar surface area (TPSA) is 86.5 Å². The average Bonchev–Trinajstić information content (AvgIpc) is 3.20. The molecule has 1 aromatic carbocycles. The fourth-order valence-electron chi connectivity index (χ4n) is 3.18. The predicted molar refractivity (Wildman–Crippen MR) is 109 cm³/mol. The molecule has 0 aliphatic carbocycles. The van der Waals surface area contributed by atoms with Gasteiger partial charge in [-0.25, -0.2) is 15.0 Å². The smallest absolute Gasteiger partial charge is 0.180 e. The molecule has 29 heavy (non-hydrogen) atoms. The number of hydrogen-bond donors (Lipinski definition) is 0. The number of pyridine rings is 2. The molecule has 138 valence electrons. The molecule has 0 spiro atoms. The highest BCUT2D eigenvalue weighted by Gasteiger charge is 2.21. The fraction of sp³-hybridized carbons (Fsp3) is 0. The minimum Gasteiger partial charge on any atom is -0.296 e. The van der Waals surface area contributed by atoms with Crippen LogP contribution in [0.2, 0.25) is 0 Å². The van der Waals surface area contributed by atoms with E-state index in [-0.39, 0.29) is 5.69 Å². The number of benzene rings is 1. The van der Waals surface area contributed by atoms with Gasteiger partial charge in [0.15, 0.2) is 23.6 Å². The maximum absolute atomic E-state index is 12.0. The van der Waals surface area contributed by atoms with E-state index in [9.17, 15) is 4.79 Å². The van der Waals surface area contributed by atoms with Crippen LogP contribution in [0.5, 0.6) is 0 Å². The molecular formula is C22H14N6O. The van der Waals surface area contributed by atoms with E-state index in [4.69, 9.17) is 10.1 Å². The monoisotopic (exact) mass is 378 g/mol. The lowest BCUT2D eigenvalue weighted by Gasteiger charge is -2.04. The first-order valence-electron chi connectivity index (χ1n) is 8.99. The van der Waals surface area contributed by atoms with Crippen LogP contribution in [0.4, 0.5) is 0 Å². The van der Waals surface area contributed by atoms with Gasteiger partial charge in [-0.05, 0) is 24.3 Å². The molecule has 0 bridgehead atoms. The van der Waals surface area contributed by atoms with Gasteiger partial charge in [-0.2, -0.15) is 9.78 Å². The van der Waals surface area contributed by atoms with Crippen molar-refractivity contribution >= 4 is 17.3 Å². The van der Waals surface area contributed by atoms with Crippen molar-refractivity contribution in [2.45, 2.75) is 0 Å². The Labute approximate surface area is 165 Å². The molecule has 4 aromatic heterocycles. The minimum atomic E-state index is 0.261. The summed E-state index contributed by atoms with van der Waals surface area (Å²) in [5.74, 6) is 0.957. The molecule has 5 rings (SSSR count). The van der Waals surface area contributed by atoms with Crippen LogP contribution in [-0.2, 0) is 0 Å². The Morgan fingerprint density at radius 1 is 0.793 bits per heavy atom. The maximum Gasteiger partial charge on any atom is 0.180 e. The first kappa shape index (κ1) is 16.9. The molecule has 0 aliphatic heterocycles.